The summed E-state index contributed by atoms with van der Waals surface area (Å²) in [5.74, 6) is 0.233. The van der Waals surface area contributed by atoms with Gasteiger partial charge in [0.15, 0.2) is 5.69 Å². The van der Waals surface area contributed by atoms with Gasteiger partial charge < -0.3 is 5.32 Å². The molecule has 0 atom stereocenters. The Morgan fingerprint density at radius 3 is 2.23 bits per heavy atom. The topological polar surface area (TPSA) is 93.1 Å². The smallest absolute Gasteiger partial charge is 0.273 e. The molecule has 2 aromatic carbocycles. The Balaban J connectivity index is 1.60. The molecule has 1 amide bonds. The van der Waals surface area contributed by atoms with Crippen LogP contribution in [-0.4, -0.2) is 35.7 Å². The van der Waals surface area contributed by atoms with Crippen LogP contribution in [0.4, 0.5) is 0 Å². The largest absolute Gasteiger partial charge is 0.348 e. The molecule has 0 unspecified atom stereocenters. The molecule has 2 saturated carbocycles. The van der Waals surface area contributed by atoms with Crippen molar-refractivity contribution < 1.29 is 13.2 Å². The van der Waals surface area contributed by atoms with Crippen molar-refractivity contribution in [3.8, 4) is 5.69 Å². The summed E-state index contributed by atoms with van der Waals surface area (Å²) in [7, 11) is -3.78. The summed E-state index contributed by atoms with van der Waals surface area (Å²) in [6.07, 6.45) is 12.0. The molecule has 1 heterocycles. The fourth-order valence-corrected chi connectivity index (χ4v) is 8.16. The molecule has 0 spiro atoms. The van der Waals surface area contributed by atoms with E-state index in [0.717, 1.165) is 61.7 Å². The van der Waals surface area contributed by atoms with Gasteiger partial charge in [-0.1, -0.05) is 87.2 Å². The first-order valence-electron chi connectivity index (χ1n) is 14.7. The number of benzene rings is 2. The number of sulfonamides is 1. The Labute approximate surface area is 243 Å². The standard InChI is InChI=1S/C31H41ClN4O3S/c1-31(2,3)35-40(38,39)27-19-18-25(23-16-10-11-17-24(23)27)36-26(20-21-12-6-4-7-13-21)28(32)29(34-36)30(37)33-22-14-8-5-9-15-22/h10-11,16-19,21-22,35H,4-9,12-15,20H2,1-3H3,(H,33,37). The van der Waals surface area contributed by atoms with Crippen molar-refractivity contribution in [2.24, 2.45) is 5.92 Å². The van der Waals surface area contributed by atoms with E-state index in [1.165, 1.54) is 25.7 Å². The molecule has 0 radical (unpaired) electrons. The molecule has 2 N–H and O–H groups in total. The van der Waals surface area contributed by atoms with E-state index >= 15 is 0 Å². The van der Waals surface area contributed by atoms with Gasteiger partial charge in [0, 0.05) is 22.4 Å². The van der Waals surface area contributed by atoms with Crippen LogP contribution in [-0.2, 0) is 16.4 Å². The van der Waals surface area contributed by atoms with Crippen LogP contribution >= 0.6 is 11.6 Å². The highest BCUT2D eigenvalue weighted by Gasteiger charge is 2.29. The molecule has 216 valence electrons. The molecule has 40 heavy (non-hydrogen) atoms. The van der Waals surface area contributed by atoms with Crippen LogP contribution < -0.4 is 10.0 Å². The summed E-state index contributed by atoms with van der Waals surface area (Å²) in [5, 5.41) is 9.73. The molecule has 3 aromatic rings. The van der Waals surface area contributed by atoms with E-state index in [-0.39, 0.29) is 22.5 Å². The molecular weight excluding hydrogens is 544 g/mol. The number of carbonyl (C=O) groups excluding carboxylic acids is 1. The lowest BCUT2D eigenvalue weighted by molar-refractivity contribution is 0.0922. The SMILES string of the molecule is CC(C)(C)NS(=O)(=O)c1ccc(-n2nc(C(=O)NC3CCCCC3)c(Cl)c2CC2CCCCC2)c2ccccc12. The average molecular weight is 585 g/mol. The van der Waals surface area contributed by atoms with Crippen molar-refractivity contribution >= 4 is 38.3 Å². The number of nitrogens with one attached hydrogen (secondary N) is 2. The summed E-state index contributed by atoms with van der Waals surface area (Å²) in [5.41, 5.74) is 1.15. The van der Waals surface area contributed by atoms with Crippen molar-refractivity contribution in [1.82, 2.24) is 19.8 Å². The maximum atomic E-state index is 13.4. The van der Waals surface area contributed by atoms with Crippen molar-refractivity contribution in [2.75, 3.05) is 0 Å². The predicted molar refractivity (Wildman–Crippen MR) is 161 cm³/mol. The summed E-state index contributed by atoms with van der Waals surface area (Å²) in [4.78, 5) is 13.7. The molecule has 9 heteroatoms. The predicted octanol–water partition coefficient (Wildman–Crippen LogP) is 6.94. The lowest BCUT2D eigenvalue weighted by Crippen LogP contribution is -2.40. The first kappa shape index (κ1) is 29.1. The molecule has 2 aliphatic carbocycles. The maximum Gasteiger partial charge on any atom is 0.273 e. The fraction of sp³-hybridized carbons (Fsp3) is 0.548. The summed E-state index contributed by atoms with van der Waals surface area (Å²) in [6.45, 7) is 5.47. The normalized spacial score (nSPS) is 17.8. The second kappa shape index (κ2) is 11.8. The van der Waals surface area contributed by atoms with Gasteiger partial charge in [-0.2, -0.15) is 5.10 Å². The zero-order valence-corrected chi connectivity index (χ0v) is 25.4. The van der Waals surface area contributed by atoms with Gasteiger partial charge in [-0.25, -0.2) is 17.8 Å². The summed E-state index contributed by atoms with van der Waals surface area (Å²) < 4.78 is 31.3. The van der Waals surface area contributed by atoms with Crippen LogP contribution in [0.3, 0.4) is 0 Å². The number of hydrogen-bond acceptors (Lipinski definition) is 4. The van der Waals surface area contributed by atoms with Crippen molar-refractivity contribution in [3.63, 3.8) is 0 Å². The molecule has 0 bridgehead atoms. The van der Waals surface area contributed by atoms with Crippen molar-refractivity contribution in [1.29, 1.82) is 0 Å². The minimum Gasteiger partial charge on any atom is -0.348 e. The van der Waals surface area contributed by atoms with Gasteiger partial charge >= 0.3 is 0 Å². The number of halogens is 1. The molecule has 2 aliphatic rings. The van der Waals surface area contributed by atoms with Crippen molar-refractivity contribution in [3.05, 3.63) is 52.8 Å². The number of aromatic nitrogens is 2. The number of carbonyl (C=O) groups is 1. The van der Waals surface area contributed by atoms with E-state index in [1.807, 2.05) is 45.0 Å². The second-order valence-electron chi connectivity index (χ2n) is 12.5. The van der Waals surface area contributed by atoms with E-state index < -0.39 is 15.6 Å². The zero-order chi connectivity index (χ0) is 28.5. The quantitative estimate of drug-likeness (QED) is 0.314. The first-order valence-corrected chi connectivity index (χ1v) is 16.5. The Hall–Kier alpha value is -2.42. The monoisotopic (exact) mass is 584 g/mol. The lowest BCUT2D eigenvalue weighted by Gasteiger charge is -2.23. The van der Waals surface area contributed by atoms with Crippen molar-refractivity contribution in [2.45, 2.75) is 108 Å². The lowest BCUT2D eigenvalue weighted by atomic mass is 9.86. The number of fused-ring (bicyclic) bond motifs is 1. The van der Waals surface area contributed by atoms with Crippen LogP contribution in [0.15, 0.2) is 41.3 Å². The number of hydrogen-bond donors (Lipinski definition) is 2. The number of rotatable bonds is 7. The molecule has 5 rings (SSSR count). The number of amides is 1. The third-order valence-corrected chi connectivity index (χ3v) is 10.3. The highest BCUT2D eigenvalue weighted by molar-refractivity contribution is 7.89. The van der Waals surface area contributed by atoms with Gasteiger partial charge in [0.05, 0.1) is 21.3 Å². The van der Waals surface area contributed by atoms with Gasteiger partial charge in [-0.15, -0.1) is 0 Å². The Bertz CT molecular complexity index is 1480. The van der Waals surface area contributed by atoms with Gasteiger partial charge in [0.1, 0.15) is 0 Å². The minimum absolute atomic E-state index is 0.143. The highest BCUT2D eigenvalue weighted by Crippen LogP contribution is 2.35. The minimum atomic E-state index is -3.78. The number of nitrogens with zero attached hydrogens (tertiary/aromatic N) is 2. The molecule has 1 aromatic heterocycles. The van der Waals surface area contributed by atoms with E-state index in [1.54, 1.807) is 16.8 Å². The second-order valence-corrected chi connectivity index (χ2v) is 14.6. The van der Waals surface area contributed by atoms with E-state index in [4.69, 9.17) is 16.7 Å². The van der Waals surface area contributed by atoms with Crippen LogP contribution in [0.5, 0.6) is 0 Å². The van der Waals surface area contributed by atoms with Crippen LogP contribution in [0.2, 0.25) is 5.02 Å². The highest BCUT2D eigenvalue weighted by atomic mass is 35.5. The molecule has 7 nitrogen and oxygen atoms in total. The van der Waals surface area contributed by atoms with E-state index in [9.17, 15) is 13.2 Å². The third-order valence-electron chi connectivity index (χ3n) is 8.10. The Kier molecular flexibility index (Phi) is 8.60. The third kappa shape index (κ3) is 6.39. The van der Waals surface area contributed by atoms with Gasteiger partial charge in [-0.05, 0) is 58.1 Å². The van der Waals surface area contributed by atoms with Crippen LogP contribution in [0, 0.1) is 5.92 Å². The van der Waals surface area contributed by atoms with Crippen LogP contribution in [0.1, 0.15) is 101 Å². The van der Waals surface area contributed by atoms with E-state index in [2.05, 4.69) is 10.0 Å². The fourth-order valence-electron chi connectivity index (χ4n) is 6.25. The molecule has 0 saturated heterocycles. The molecular formula is C31H41ClN4O3S. The van der Waals surface area contributed by atoms with Gasteiger partial charge in [0.25, 0.3) is 5.91 Å². The zero-order valence-electron chi connectivity index (χ0n) is 23.8. The summed E-state index contributed by atoms with van der Waals surface area (Å²) >= 11 is 6.99. The molecule has 0 aliphatic heterocycles. The van der Waals surface area contributed by atoms with Gasteiger partial charge in [-0.3, -0.25) is 4.79 Å². The summed E-state index contributed by atoms with van der Waals surface area (Å²) in [6, 6.07) is 11.0. The van der Waals surface area contributed by atoms with Gasteiger partial charge in [0.2, 0.25) is 10.0 Å². The van der Waals surface area contributed by atoms with Crippen LogP contribution in [0.25, 0.3) is 16.5 Å². The average Bonchev–Trinajstić information content (AvgIpc) is 3.23. The Morgan fingerprint density at radius 2 is 1.57 bits per heavy atom. The molecule has 2 fully saturated rings. The Morgan fingerprint density at radius 1 is 0.950 bits per heavy atom. The first-order chi connectivity index (χ1) is 19.0. The maximum absolute atomic E-state index is 13.4. The van der Waals surface area contributed by atoms with E-state index in [0.29, 0.717) is 16.3 Å².